The van der Waals surface area contributed by atoms with Crippen LogP contribution in [0.5, 0.6) is 0 Å². The lowest BCUT2D eigenvalue weighted by Gasteiger charge is -2.11. The summed E-state index contributed by atoms with van der Waals surface area (Å²) in [5.41, 5.74) is -0.0667. The largest absolute Gasteiger partial charge is 0.481 e. The number of aromatic nitrogens is 3. The molecule has 0 spiro atoms. The van der Waals surface area contributed by atoms with E-state index in [-0.39, 0.29) is 11.8 Å². The molecule has 0 aromatic carbocycles. The monoisotopic (exact) mass is 225 g/mol. The Morgan fingerprint density at radius 1 is 1.44 bits per heavy atom. The Morgan fingerprint density at radius 3 is 2.50 bits per heavy atom. The van der Waals surface area contributed by atoms with Crippen LogP contribution in [0.25, 0.3) is 0 Å². The lowest BCUT2D eigenvalue weighted by molar-refractivity contribution is -0.137. The second kappa shape index (κ2) is 4.63. The first-order valence-electron chi connectivity index (χ1n) is 5.43. The number of carboxylic acids is 1. The number of aliphatic carboxylic acids is 1. The molecule has 0 fully saturated rings. The van der Waals surface area contributed by atoms with Crippen LogP contribution in [0, 0.1) is 0 Å². The lowest BCUT2D eigenvalue weighted by atomic mass is 9.96. The molecule has 0 aliphatic carbocycles. The average molecular weight is 225 g/mol. The summed E-state index contributed by atoms with van der Waals surface area (Å²) in [6, 6.07) is 0. The number of nitrogens with zero attached hydrogens (tertiary/aromatic N) is 3. The highest BCUT2D eigenvalue weighted by atomic mass is 16.4. The lowest BCUT2D eigenvalue weighted by Crippen LogP contribution is -2.13. The molecule has 1 aromatic heterocycles. The fraction of sp³-hybridized carbons (Fsp3) is 0.727. The molecule has 0 amide bonds. The normalized spacial score (nSPS) is 11.8. The van der Waals surface area contributed by atoms with Gasteiger partial charge in [-0.05, 0) is 6.42 Å². The van der Waals surface area contributed by atoms with Crippen molar-refractivity contribution in [2.75, 3.05) is 0 Å². The van der Waals surface area contributed by atoms with E-state index in [9.17, 15) is 4.79 Å². The van der Waals surface area contributed by atoms with Crippen LogP contribution >= 0.6 is 0 Å². The van der Waals surface area contributed by atoms with Crippen LogP contribution < -0.4 is 0 Å². The van der Waals surface area contributed by atoms with Gasteiger partial charge >= 0.3 is 5.97 Å². The molecule has 90 valence electrons. The summed E-state index contributed by atoms with van der Waals surface area (Å²) in [6.45, 7) is 6.18. The maximum Gasteiger partial charge on any atom is 0.303 e. The standard InChI is InChI=1S/C11H19N3O2/c1-11(2,3)10-12-8(14(4)13-10)6-5-7-9(15)16/h5-7H2,1-4H3,(H,15,16). The summed E-state index contributed by atoms with van der Waals surface area (Å²) in [4.78, 5) is 14.8. The Balaban J connectivity index is 2.67. The van der Waals surface area contributed by atoms with Gasteiger partial charge in [0, 0.05) is 25.3 Å². The van der Waals surface area contributed by atoms with Crippen molar-refractivity contribution in [2.45, 2.75) is 45.4 Å². The van der Waals surface area contributed by atoms with Gasteiger partial charge in [-0.3, -0.25) is 9.48 Å². The molecule has 0 saturated heterocycles. The number of carbonyl (C=O) groups is 1. The van der Waals surface area contributed by atoms with Gasteiger partial charge in [0.05, 0.1) is 0 Å². The minimum atomic E-state index is -0.766. The van der Waals surface area contributed by atoms with Crippen LogP contribution in [-0.2, 0) is 23.7 Å². The van der Waals surface area contributed by atoms with Crippen LogP contribution in [-0.4, -0.2) is 25.8 Å². The number of carboxylic acid groups (broad SMARTS) is 1. The smallest absolute Gasteiger partial charge is 0.303 e. The first-order valence-corrected chi connectivity index (χ1v) is 5.43. The van der Waals surface area contributed by atoms with Crippen molar-refractivity contribution in [1.82, 2.24) is 14.8 Å². The third-order valence-electron chi connectivity index (χ3n) is 2.32. The van der Waals surface area contributed by atoms with E-state index in [1.165, 1.54) is 0 Å². The Bertz CT molecular complexity index is 377. The van der Waals surface area contributed by atoms with Crippen molar-refractivity contribution in [3.8, 4) is 0 Å². The summed E-state index contributed by atoms with van der Waals surface area (Å²) >= 11 is 0. The van der Waals surface area contributed by atoms with E-state index >= 15 is 0 Å². The Hall–Kier alpha value is -1.39. The van der Waals surface area contributed by atoms with Crippen molar-refractivity contribution >= 4 is 5.97 Å². The predicted molar refractivity (Wildman–Crippen MR) is 60.3 cm³/mol. The van der Waals surface area contributed by atoms with E-state index in [4.69, 9.17) is 5.11 Å². The van der Waals surface area contributed by atoms with Gasteiger partial charge in [-0.25, -0.2) is 4.98 Å². The van der Waals surface area contributed by atoms with E-state index in [0.717, 1.165) is 11.6 Å². The molecule has 5 heteroatoms. The molecule has 1 aromatic rings. The molecule has 16 heavy (non-hydrogen) atoms. The highest BCUT2D eigenvalue weighted by Gasteiger charge is 2.20. The highest BCUT2D eigenvalue weighted by Crippen LogP contribution is 2.18. The van der Waals surface area contributed by atoms with E-state index < -0.39 is 5.97 Å². The Labute approximate surface area is 95.5 Å². The fourth-order valence-electron chi connectivity index (χ4n) is 1.35. The van der Waals surface area contributed by atoms with Crippen molar-refractivity contribution in [2.24, 2.45) is 7.05 Å². The summed E-state index contributed by atoms with van der Waals surface area (Å²) in [5, 5.41) is 12.9. The highest BCUT2D eigenvalue weighted by molar-refractivity contribution is 5.66. The van der Waals surface area contributed by atoms with Gasteiger partial charge in [0.2, 0.25) is 0 Å². The third kappa shape index (κ3) is 3.32. The molecule has 1 heterocycles. The minimum absolute atomic E-state index is 0.0667. The van der Waals surface area contributed by atoms with E-state index in [0.29, 0.717) is 12.8 Å². The number of hydrogen-bond acceptors (Lipinski definition) is 3. The van der Waals surface area contributed by atoms with E-state index in [1.54, 1.807) is 4.68 Å². The van der Waals surface area contributed by atoms with Gasteiger partial charge in [-0.1, -0.05) is 20.8 Å². The predicted octanol–water partition coefficient (Wildman–Crippen LogP) is 1.52. The molecule has 0 atom stereocenters. The number of hydrogen-bond donors (Lipinski definition) is 1. The summed E-state index contributed by atoms with van der Waals surface area (Å²) in [7, 11) is 1.85. The summed E-state index contributed by atoms with van der Waals surface area (Å²) in [5.74, 6) is 0.893. The van der Waals surface area contributed by atoms with Crippen molar-refractivity contribution in [3.05, 3.63) is 11.6 Å². The van der Waals surface area contributed by atoms with Gasteiger partial charge < -0.3 is 5.11 Å². The van der Waals surface area contributed by atoms with Crippen LogP contribution in [0.3, 0.4) is 0 Å². The minimum Gasteiger partial charge on any atom is -0.481 e. The van der Waals surface area contributed by atoms with Crippen molar-refractivity contribution in [3.63, 3.8) is 0 Å². The van der Waals surface area contributed by atoms with Crippen molar-refractivity contribution in [1.29, 1.82) is 0 Å². The zero-order chi connectivity index (χ0) is 12.3. The zero-order valence-corrected chi connectivity index (χ0v) is 10.3. The SMILES string of the molecule is Cn1nc(C(C)(C)C)nc1CCCC(=O)O. The topological polar surface area (TPSA) is 68.0 Å². The van der Waals surface area contributed by atoms with Gasteiger partial charge in [0.15, 0.2) is 5.82 Å². The van der Waals surface area contributed by atoms with E-state index in [2.05, 4.69) is 30.9 Å². The summed E-state index contributed by atoms with van der Waals surface area (Å²) in [6.07, 6.45) is 1.44. The molecular formula is C11H19N3O2. The molecule has 1 N–H and O–H groups in total. The van der Waals surface area contributed by atoms with Crippen molar-refractivity contribution < 1.29 is 9.90 Å². The molecule has 0 aliphatic heterocycles. The molecule has 0 saturated carbocycles. The van der Waals surface area contributed by atoms with E-state index in [1.807, 2.05) is 7.05 Å². The number of rotatable bonds is 4. The Morgan fingerprint density at radius 2 is 2.06 bits per heavy atom. The number of aryl methyl sites for hydroxylation is 2. The first kappa shape index (κ1) is 12.7. The second-order valence-corrected chi connectivity index (χ2v) is 4.97. The van der Waals surface area contributed by atoms with Gasteiger partial charge in [-0.2, -0.15) is 5.10 Å². The summed E-state index contributed by atoms with van der Waals surface area (Å²) < 4.78 is 1.74. The fourth-order valence-corrected chi connectivity index (χ4v) is 1.35. The molecule has 0 radical (unpaired) electrons. The van der Waals surface area contributed by atoms with Crippen LogP contribution in [0.1, 0.15) is 45.3 Å². The Kier molecular flexibility index (Phi) is 3.67. The molecule has 1 rings (SSSR count). The molecule has 5 nitrogen and oxygen atoms in total. The van der Waals surface area contributed by atoms with Gasteiger partial charge in [0.1, 0.15) is 5.82 Å². The maximum atomic E-state index is 10.4. The van der Waals surface area contributed by atoms with Gasteiger partial charge in [-0.15, -0.1) is 0 Å². The molecule has 0 unspecified atom stereocenters. The quantitative estimate of drug-likeness (QED) is 0.843. The second-order valence-electron chi connectivity index (χ2n) is 4.97. The van der Waals surface area contributed by atoms with Crippen LogP contribution in [0.4, 0.5) is 0 Å². The molecule has 0 bridgehead atoms. The van der Waals surface area contributed by atoms with Gasteiger partial charge in [0.25, 0.3) is 0 Å². The van der Waals surface area contributed by atoms with Crippen LogP contribution in [0.15, 0.2) is 0 Å². The molecular weight excluding hydrogens is 206 g/mol. The maximum absolute atomic E-state index is 10.4. The first-order chi connectivity index (χ1) is 7.30. The van der Waals surface area contributed by atoms with Crippen LogP contribution in [0.2, 0.25) is 0 Å². The zero-order valence-electron chi connectivity index (χ0n) is 10.3. The average Bonchev–Trinajstić information content (AvgIpc) is 2.46. The third-order valence-corrected chi connectivity index (χ3v) is 2.32. The molecule has 0 aliphatic rings.